The van der Waals surface area contributed by atoms with Crippen LogP contribution >= 0.6 is 0 Å². The summed E-state index contributed by atoms with van der Waals surface area (Å²) in [7, 11) is 4.25. The molecule has 0 radical (unpaired) electrons. The standard InChI is InChI=1S/C27H31NO7.C2H6.CH2O2.CH4O/c1-15-13-18(8-9-20(15)31-5)25(29)28-19-14-17-7-10-21(16(2)24(17)34-26(19)30)33-23-12-11-22(32-6)27(3,4)35-23;1-2;2-1-3;1-2/h7-10,13-14,22-23H,11-12H2,1-6H3,(H,28,29);1-2H3;1H,(H,2,3);2H,1H3. The first-order chi connectivity index (χ1) is 20.0. The van der Waals surface area contributed by atoms with Crippen molar-refractivity contribution in [3.8, 4) is 11.5 Å². The molecule has 1 saturated heterocycles. The van der Waals surface area contributed by atoms with Crippen LogP contribution in [0.2, 0.25) is 0 Å². The van der Waals surface area contributed by atoms with Gasteiger partial charge >= 0.3 is 5.63 Å². The highest BCUT2D eigenvalue weighted by atomic mass is 16.7. The van der Waals surface area contributed by atoms with E-state index in [1.54, 1.807) is 44.6 Å². The van der Waals surface area contributed by atoms with Gasteiger partial charge in [0.25, 0.3) is 12.4 Å². The van der Waals surface area contributed by atoms with Crippen LogP contribution in [0.3, 0.4) is 0 Å². The average Bonchev–Trinajstić information content (AvgIpc) is 2.97. The highest BCUT2D eigenvalue weighted by molar-refractivity contribution is 6.05. The second-order valence-electron chi connectivity index (χ2n) is 9.37. The quantitative estimate of drug-likeness (QED) is 0.254. The number of ether oxygens (including phenoxy) is 4. The van der Waals surface area contributed by atoms with Gasteiger partial charge in [-0.05, 0) is 76.1 Å². The van der Waals surface area contributed by atoms with E-state index in [0.29, 0.717) is 40.0 Å². The number of methoxy groups -OCH3 is 2. The molecular weight excluding hydrogens is 546 g/mol. The van der Waals surface area contributed by atoms with Crippen molar-refractivity contribution in [2.45, 2.75) is 72.4 Å². The first kappa shape index (κ1) is 36.1. The van der Waals surface area contributed by atoms with Gasteiger partial charge in [0.05, 0.1) is 18.8 Å². The van der Waals surface area contributed by atoms with Crippen molar-refractivity contribution in [2.75, 3.05) is 26.6 Å². The molecule has 1 aliphatic heterocycles. The van der Waals surface area contributed by atoms with E-state index in [4.69, 9.17) is 38.4 Å². The van der Waals surface area contributed by atoms with E-state index < -0.39 is 23.4 Å². The number of aryl methyl sites for hydroxylation is 2. The van der Waals surface area contributed by atoms with Crippen LogP contribution in [0.5, 0.6) is 11.5 Å². The summed E-state index contributed by atoms with van der Waals surface area (Å²) in [5, 5.41) is 17.2. The van der Waals surface area contributed by atoms with Gasteiger partial charge in [-0.15, -0.1) is 0 Å². The van der Waals surface area contributed by atoms with Crippen LogP contribution in [0.25, 0.3) is 11.0 Å². The monoisotopic (exact) mass is 589 g/mol. The summed E-state index contributed by atoms with van der Waals surface area (Å²) < 4.78 is 28.6. The average molecular weight is 590 g/mol. The maximum Gasteiger partial charge on any atom is 0.360 e. The van der Waals surface area contributed by atoms with Crippen LogP contribution in [-0.4, -0.2) is 61.9 Å². The Balaban J connectivity index is 0.00000116. The lowest BCUT2D eigenvalue weighted by Crippen LogP contribution is -2.49. The number of carbonyl (C=O) groups excluding carboxylic acids is 1. The molecule has 3 aromatic rings. The van der Waals surface area contributed by atoms with Crippen LogP contribution in [0, 0.1) is 13.8 Å². The van der Waals surface area contributed by atoms with Crippen molar-refractivity contribution < 1.29 is 43.2 Å². The minimum Gasteiger partial charge on any atom is -0.496 e. The SMILES string of the molecule is CC.CO.COc1ccc(C(=O)Nc2cc3ccc(OC4CCC(OC)C(C)(C)O4)c(C)c3oc2=O)cc1C.O=CO. The summed E-state index contributed by atoms with van der Waals surface area (Å²) in [6, 6.07) is 10.3. The zero-order chi connectivity index (χ0) is 32.0. The lowest BCUT2D eigenvalue weighted by Gasteiger charge is -2.41. The Labute approximate surface area is 246 Å². The van der Waals surface area contributed by atoms with Crippen molar-refractivity contribution >= 4 is 29.0 Å². The summed E-state index contributed by atoms with van der Waals surface area (Å²) in [5.74, 6) is 0.842. The lowest BCUT2D eigenvalue weighted by molar-refractivity contribution is -0.233. The van der Waals surface area contributed by atoms with Gasteiger partial charge in [-0.1, -0.05) is 13.8 Å². The molecule has 232 valence electrons. The Hall–Kier alpha value is -3.93. The number of fused-ring (bicyclic) bond motifs is 1. The zero-order valence-corrected chi connectivity index (χ0v) is 25.8. The summed E-state index contributed by atoms with van der Waals surface area (Å²) in [4.78, 5) is 33.8. The Kier molecular flexibility index (Phi) is 14.7. The smallest absolute Gasteiger partial charge is 0.360 e. The van der Waals surface area contributed by atoms with Crippen molar-refractivity contribution in [1.29, 1.82) is 0 Å². The van der Waals surface area contributed by atoms with Crippen LogP contribution in [0.4, 0.5) is 5.69 Å². The van der Waals surface area contributed by atoms with Crippen molar-refractivity contribution in [2.24, 2.45) is 0 Å². The van der Waals surface area contributed by atoms with E-state index in [0.717, 1.165) is 19.1 Å². The van der Waals surface area contributed by atoms with Gasteiger partial charge in [-0.3, -0.25) is 9.59 Å². The van der Waals surface area contributed by atoms with E-state index in [1.807, 2.05) is 47.6 Å². The third-order valence-corrected chi connectivity index (χ3v) is 6.42. The molecule has 1 amide bonds. The molecule has 11 nitrogen and oxygen atoms in total. The molecular formula is C31H43NO10. The van der Waals surface area contributed by atoms with E-state index >= 15 is 0 Å². The molecule has 11 heteroatoms. The van der Waals surface area contributed by atoms with Crippen molar-refractivity contribution in [3.05, 3.63) is 63.5 Å². The predicted octanol–water partition coefficient (Wildman–Crippen LogP) is 5.32. The van der Waals surface area contributed by atoms with Crippen LogP contribution in [-0.2, 0) is 14.3 Å². The molecule has 2 atom stereocenters. The number of nitrogens with one attached hydrogen (secondary N) is 1. The molecule has 0 saturated carbocycles. The van der Waals surface area contributed by atoms with E-state index in [1.165, 1.54) is 0 Å². The van der Waals surface area contributed by atoms with Gasteiger partial charge in [0.15, 0.2) is 0 Å². The Morgan fingerprint density at radius 2 is 1.67 bits per heavy atom. The number of carbonyl (C=O) groups is 2. The molecule has 3 N–H and O–H groups in total. The van der Waals surface area contributed by atoms with E-state index in [2.05, 4.69) is 5.32 Å². The highest BCUT2D eigenvalue weighted by Crippen LogP contribution is 2.34. The summed E-state index contributed by atoms with van der Waals surface area (Å²) in [6.45, 7) is 11.4. The summed E-state index contributed by atoms with van der Waals surface area (Å²) in [5.41, 5.74) is 1.24. The lowest BCUT2D eigenvalue weighted by atomic mass is 9.94. The molecule has 42 heavy (non-hydrogen) atoms. The van der Waals surface area contributed by atoms with Crippen molar-refractivity contribution in [1.82, 2.24) is 0 Å². The number of anilines is 1. The fourth-order valence-corrected chi connectivity index (χ4v) is 4.47. The number of rotatable bonds is 6. The Morgan fingerprint density at radius 1 is 1.05 bits per heavy atom. The van der Waals surface area contributed by atoms with Crippen LogP contribution in [0.1, 0.15) is 62.0 Å². The number of carboxylic acid groups (broad SMARTS) is 1. The highest BCUT2D eigenvalue weighted by Gasteiger charge is 2.39. The molecule has 1 aliphatic rings. The Morgan fingerprint density at radius 3 is 2.21 bits per heavy atom. The number of hydrogen-bond donors (Lipinski definition) is 3. The van der Waals surface area contributed by atoms with E-state index in [-0.39, 0.29) is 18.3 Å². The van der Waals surface area contributed by atoms with Crippen LogP contribution < -0.4 is 20.4 Å². The van der Waals surface area contributed by atoms with Gasteiger partial charge in [-0.2, -0.15) is 0 Å². The van der Waals surface area contributed by atoms with Gasteiger partial charge in [0, 0.05) is 37.2 Å². The first-order valence-electron chi connectivity index (χ1n) is 13.5. The molecule has 1 fully saturated rings. The molecule has 0 aliphatic carbocycles. The topological polar surface area (TPSA) is 154 Å². The van der Waals surface area contributed by atoms with Gasteiger partial charge in [0.2, 0.25) is 6.29 Å². The maximum absolute atomic E-state index is 12.7. The third-order valence-electron chi connectivity index (χ3n) is 6.42. The third kappa shape index (κ3) is 9.04. The molecule has 0 spiro atoms. The number of amides is 1. The van der Waals surface area contributed by atoms with Crippen LogP contribution in [0.15, 0.2) is 45.6 Å². The van der Waals surface area contributed by atoms with Gasteiger partial charge in [-0.25, -0.2) is 4.79 Å². The number of aliphatic hydroxyl groups is 1. The fraction of sp³-hybridized carbons (Fsp3) is 0.452. The molecule has 2 unspecified atom stereocenters. The number of hydrogen-bond acceptors (Lipinski definition) is 9. The largest absolute Gasteiger partial charge is 0.496 e. The minimum atomic E-state index is -0.644. The van der Waals surface area contributed by atoms with Gasteiger partial charge < -0.3 is 38.9 Å². The number of benzene rings is 2. The summed E-state index contributed by atoms with van der Waals surface area (Å²) >= 11 is 0. The fourth-order valence-electron chi connectivity index (χ4n) is 4.47. The molecule has 1 aromatic heterocycles. The maximum atomic E-state index is 12.7. The minimum absolute atomic E-state index is 0.00599. The normalized spacial score (nSPS) is 16.7. The predicted molar refractivity (Wildman–Crippen MR) is 161 cm³/mol. The van der Waals surface area contributed by atoms with E-state index in [9.17, 15) is 9.59 Å². The summed E-state index contributed by atoms with van der Waals surface area (Å²) in [6.07, 6.45) is 1.05. The van der Waals surface area contributed by atoms with Crippen molar-refractivity contribution in [3.63, 3.8) is 0 Å². The Bertz CT molecular complexity index is 1370. The first-order valence-corrected chi connectivity index (χ1v) is 13.5. The molecule has 2 heterocycles. The molecule has 4 rings (SSSR count). The molecule has 0 bridgehead atoms. The second kappa shape index (κ2) is 17.1. The van der Waals surface area contributed by atoms with Gasteiger partial charge in [0.1, 0.15) is 22.8 Å². The number of aliphatic hydroxyl groups excluding tert-OH is 1. The molecule has 2 aromatic carbocycles. The zero-order valence-electron chi connectivity index (χ0n) is 25.8. The second-order valence-corrected chi connectivity index (χ2v) is 9.37.